The maximum atomic E-state index is 15.2. The van der Waals surface area contributed by atoms with Gasteiger partial charge in [0.25, 0.3) is 0 Å². The molecule has 0 bridgehead atoms. The number of hydrogen-bond acceptors (Lipinski definition) is 4. The average Bonchev–Trinajstić information content (AvgIpc) is 3.64. The molecule has 0 atom stereocenters. The molecule has 0 saturated heterocycles. The summed E-state index contributed by atoms with van der Waals surface area (Å²) in [4.78, 5) is 12.7. The van der Waals surface area contributed by atoms with Crippen LogP contribution in [0.25, 0.3) is 22.2 Å². The number of aromatic amines is 1. The Morgan fingerprint density at radius 3 is 2.42 bits per heavy atom. The van der Waals surface area contributed by atoms with Crippen molar-refractivity contribution in [2.24, 2.45) is 21.8 Å². The Morgan fingerprint density at radius 1 is 0.975 bits per heavy atom. The van der Waals surface area contributed by atoms with Crippen molar-refractivity contribution in [1.29, 1.82) is 0 Å². The minimum absolute atomic E-state index is 0.0574. The Hall–Kier alpha value is -4.60. The molecule has 0 unspecified atom stereocenters. The molecule has 3 N–H and O–H groups in total. The highest BCUT2D eigenvalue weighted by atomic mass is 19.3. The predicted molar refractivity (Wildman–Crippen MR) is 145 cm³/mol. The van der Waals surface area contributed by atoms with Gasteiger partial charge in [-0.1, -0.05) is 59.8 Å². The lowest BCUT2D eigenvalue weighted by Gasteiger charge is -2.12. The SMILES string of the molecule is NC(Cc1ccccc1)=NC1=C(c2cc(OC(F)F)cc3[nH]c(F)c(F)c23)C(=NOCC2CC2)c2ccccc21. The first-order valence-electron chi connectivity index (χ1n) is 12.8. The number of alkyl halides is 2. The van der Waals surface area contributed by atoms with Crippen LogP contribution in [0.2, 0.25) is 0 Å². The number of oxime groups is 1. The lowest BCUT2D eigenvalue weighted by Crippen LogP contribution is -2.15. The maximum Gasteiger partial charge on any atom is 0.387 e. The highest BCUT2D eigenvalue weighted by Gasteiger charge is 2.33. The van der Waals surface area contributed by atoms with Gasteiger partial charge in [0.2, 0.25) is 5.95 Å². The Labute approximate surface area is 226 Å². The molecule has 2 aliphatic carbocycles. The Kier molecular flexibility index (Phi) is 6.75. The zero-order valence-electron chi connectivity index (χ0n) is 21.1. The molecule has 0 aliphatic heterocycles. The number of fused-ring (bicyclic) bond motifs is 2. The van der Waals surface area contributed by atoms with Gasteiger partial charge in [0.1, 0.15) is 23.9 Å². The summed E-state index contributed by atoms with van der Waals surface area (Å²) in [6.07, 6.45) is 2.40. The van der Waals surface area contributed by atoms with Crippen molar-refractivity contribution in [2.45, 2.75) is 25.9 Å². The van der Waals surface area contributed by atoms with Crippen molar-refractivity contribution >= 4 is 33.7 Å². The third-order valence-electron chi connectivity index (χ3n) is 6.82. The standard InChI is InChI=1S/C30H24F4N4O2/c31-26-24-21(13-18(40-30(33)34)14-22(24)36-29(26)32)25-27(37-23(35)12-16-6-2-1-3-7-16)19-8-4-5-9-20(19)28(25)38-39-15-17-10-11-17/h1-9,13-14,17,30,36H,10-12,15H2,(H2,35,37). The van der Waals surface area contributed by atoms with Crippen LogP contribution in [0.15, 0.2) is 76.9 Å². The van der Waals surface area contributed by atoms with Crippen molar-refractivity contribution in [3.63, 3.8) is 0 Å². The van der Waals surface area contributed by atoms with E-state index in [2.05, 4.69) is 14.9 Å². The Bertz CT molecular complexity index is 1670. The van der Waals surface area contributed by atoms with Gasteiger partial charge in [-0.05, 0) is 30.4 Å². The molecule has 204 valence electrons. The number of amidine groups is 1. The number of nitrogens with zero attached hydrogens (tertiary/aromatic N) is 2. The summed E-state index contributed by atoms with van der Waals surface area (Å²) in [6.45, 7) is -2.76. The van der Waals surface area contributed by atoms with E-state index in [0.29, 0.717) is 41.5 Å². The summed E-state index contributed by atoms with van der Waals surface area (Å²) in [7, 11) is 0. The molecule has 0 radical (unpaired) electrons. The van der Waals surface area contributed by atoms with Crippen molar-refractivity contribution < 1.29 is 27.1 Å². The first kappa shape index (κ1) is 25.7. The van der Waals surface area contributed by atoms with Gasteiger partial charge in [0, 0.05) is 40.1 Å². The molecule has 1 saturated carbocycles. The van der Waals surface area contributed by atoms with Crippen molar-refractivity contribution in [3.8, 4) is 5.75 Å². The summed E-state index contributed by atoms with van der Waals surface area (Å²) in [5, 5.41) is 4.25. The van der Waals surface area contributed by atoms with Gasteiger partial charge in [-0.3, -0.25) is 0 Å². The average molecular weight is 549 g/mol. The number of nitrogens with one attached hydrogen (secondary N) is 1. The molecule has 40 heavy (non-hydrogen) atoms. The van der Waals surface area contributed by atoms with Gasteiger partial charge in [0.05, 0.1) is 11.2 Å². The van der Waals surface area contributed by atoms with E-state index in [-0.39, 0.29) is 33.6 Å². The lowest BCUT2D eigenvalue weighted by molar-refractivity contribution is -0.0497. The quantitative estimate of drug-likeness (QED) is 0.106. The summed E-state index contributed by atoms with van der Waals surface area (Å²) in [6, 6.07) is 19.0. The lowest BCUT2D eigenvalue weighted by atomic mass is 9.97. The van der Waals surface area contributed by atoms with Crippen LogP contribution in [0.3, 0.4) is 0 Å². The number of H-pyrrole nitrogens is 1. The van der Waals surface area contributed by atoms with E-state index in [9.17, 15) is 13.2 Å². The van der Waals surface area contributed by atoms with Gasteiger partial charge in [-0.2, -0.15) is 13.2 Å². The first-order valence-corrected chi connectivity index (χ1v) is 12.8. The van der Waals surface area contributed by atoms with E-state index in [4.69, 9.17) is 15.6 Å². The zero-order chi connectivity index (χ0) is 27.8. The van der Waals surface area contributed by atoms with E-state index in [1.807, 2.05) is 30.3 Å². The fourth-order valence-corrected chi connectivity index (χ4v) is 4.83. The third-order valence-corrected chi connectivity index (χ3v) is 6.82. The highest BCUT2D eigenvalue weighted by molar-refractivity contribution is 6.43. The van der Waals surface area contributed by atoms with Gasteiger partial charge in [-0.15, -0.1) is 0 Å². The second-order valence-electron chi connectivity index (χ2n) is 9.74. The molecule has 6 rings (SSSR count). The fraction of sp³-hybridized carbons (Fsp3) is 0.200. The minimum Gasteiger partial charge on any atom is -0.435 e. The Balaban J connectivity index is 1.59. The second-order valence-corrected chi connectivity index (χ2v) is 9.74. The summed E-state index contributed by atoms with van der Waals surface area (Å²) in [5.41, 5.74) is 9.47. The number of nitrogens with two attached hydrogens (primary N) is 1. The second kappa shape index (κ2) is 10.5. The first-order chi connectivity index (χ1) is 19.4. The number of benzene rings is 3. The normalized spacial score (nSPS) is 16.3. The van der Waals surface area contributed by atoms with Crippen LogP contribution in [-0.2, 0) is 11.3 Å². The van der Waals surface area contributed by atoms with Crippen molar-refractivity contribution in [1.82, 2.24) is 4.98 Å². The minimum atomic E-state index is -3.15. The monoisotopic (exact) mass is 548 g/mol. The largest absolute Gasteiger partial charge is 0.435 e. The number of rotatable bonds is 9. The molecule has 1 aromatic heterocycles. The molecule has 2 aliphatic rings. The summed E-state index contributed by atoms with van der Waals surface area (Å²) >= 11 is 0. The van der Waals surface area contributed by atoms with Crippen LogP contribution in [-0.4, -0.2) is 29.7 Å². The summed E-state index contributed by atoms with van der Waals surface area (Å²) < 4.78 is 60.8. The molecule has 3 aromatic carbocycles. The molecular weight excluding hydrogens is 524 g/mol. The third kappa shape index (κ3) is 5.04. The van der Waals surface area contributed by atoms with Crippen LogP contribution in [0.4, 0.5) is 17.6 Å². The number of halogens is 4. The van der Waals surface area contributed by atoms with Crippen molar-refractivity contribution in [3.05, 3.63) is 101 Å². The van der Waals surface area contributed by atoms with E-state index in [0.717, 1.165) is 24.5 Å². The predicted octanol–water partition coefficient (Wildman–Crippen LogP) is 6.66. The van der Waals surface area contributed by atoms with E-state index < -0.39 is 18.4 Å². The van der Waals surface area contributed by atoms with Crippen molar-refractivity contribution in [2.75, 3.05) is 6.61 Å². The molecule has 4 aromatic rings. The van der Waals surface area contributed by atoms with E-state index >= 15 is 4.39 Å². The number of hydrogen-bond donors (Lipinski definition) is 2. The van der Waals surface area contributed by atoms with Gasteiger partial charge >= 0.3 is 6.61 Å². The Morgan fingerprint density at radius 2 is 1.70 bits per heavy atom. The molecule has 1 heterocycles. The summed E-state index contributed by atoms with van der Waals surface area (Å²) in [5.74, 6) is -2.04. The van der Waals surface area contributed by atoms with Crippen LogP contribution in [0.5, 0.6) is 5.75 Å². The molecule has 10 heteroatoms. The zero-order valence-corrected chi connectivity index (χ0v) is 21.1. The number of aliphatic imine (C=N–C) groups is 1. The van der Waals surface area contributed by atoms with E-state index in [1.54, 1.807) is 24.3 Å². The molecule has 0 spiro atoms. The van der Waals surface area contributed by atoms with E-state index in [1.165, 1.54) is 6.07 Å². The van der Waals surface area contributed by atoms with Crippen LogP contribution < -0.4 is 10.5 Å². The topological polar surface area (TPSA) is 85.0 Å². The fourth-order valence-electron chi connectivity index (χ4n) is 4.83. The highest BCUT2D eigenvalue weighted by Crippen LogP contribution is 2.44. The number of ether oxygens (including phenoxy) is 1. The molecule has 6 nitrogen and oxygen atoms in total. The molecular formula is C30H24F4N4O2. The van der Waals surface area contributed by atoms with Crippen LogP contribution in [0.1, 0.15) is 35.1 Å². The van der Waals surface area contributed by atoms with Crippen LogP contribution >= 0.6 is 0 Å². The van der Waals surface area contributed by atoms with Gasteiger partial charge in [0.15, 0.2) is 5.82 Å². The van der Waals surface area contributed by atoms with Gasteiger partial charge < -0.3 is 20.3 Å². The number of allylic oxidation sites excluding steroid dienone is 1. The smallest absolute Gasteiger partial charge is 0.387 e. The maximum absolute atomic E-state index is 15.2. The van der Waals surface area contributed by atoms with Gasteiger partial charge in [-0.25, -0.2) is 9.38 Å². The molecule has 1 fully saturated rings. The van der Waals surface area contributed by atoms with Crippen LogP contribution in [0, 0.1) is 17.7 Å². The number of aromatic nitrogens is 1. The molecule has 0 amide bonds.